The molecule has 0 radical (unpaired) electrons. The summed E-state index contributed by atoms with van der Waals surface area (Å²) in [4.78, 5) is 11.1. The highest BCUT2D eigenvalue weighted by molar-refractivity contribution is 5.73. The lowest BCUT2D eigenvalue weighted by atomic mass is 10.0. The molecule has 1 aliphatic rings. The van der Waals surface area contributed by atoms with Gasteiger partial charge in [0.15, 0.2) is 6.10 Å². The van der Waals surface area contributed by atoms with Crippen LogP contribution in [0.5, 0.6) is 28.7 Å². The van der Waals surface area contributed by atoms with E-state index in [4.69, 9.17) is 24.1 Å². The van der Waals surface area contributed by atoms with Crippen LogP contribution in [-0.2, 0) is 17.6 Å². The van der Waals surface area contributed by atoms with Gasteiger partial charge in [-0.15, -0.1) is 0 Å². The Morgan fingerprint density at radius 1 is 0.971 bits per heavy atom. The van der Waals surface area contributed by atoms with Crippen molar-refractivity contribution in [3.8, 4) is 28.7 Å². The van der Waals surface area contributed by atoms with Crippen LogP contribution in [0.1, 0.15) is 37.3 Å². The van der Waals surface area contributed by atoms with E-state index in [0.717, 1.165) is 53.4 Å². The summed E-state index contributed by atoms with van der Waals surface area (Å²) in [6.45, 7) is 3.22. The SMILES string of the molecule is CCCc1cc(Oc2ccccc2)ccc1OCCCOc1ccc2c(c1)CCC(C(=O)O)O2. The molecule has 4 rings (SSSR count). The Labute approximate surface area is 200 Å². The van der Waals surface area contributed by atoms with Crippen molar-refractivity contribution in [1.82, 2.24) is 0 Å². The molecular formula is C28H30O6. The lowest BCUT2D eigenvalue weighted by Crippen LogP contribution is -2.30. The second kappa shape index (κ2) is 11.5. The van der Waals surface area contributed by atoms with E-state index in [0.29, 0.717) is 31.8 Å². The van der Waals surface area contributed by atoms with Gasteiger partial charge in [-0.2, -0.15) is 0 Å². The average Bonchev–Trinajstić information content (AvgIpc) is 2.85. The van der Waals surface area contributed by atoms with Crippen molar-refractivity contribution in [3.05, 3.63) is 77.9 Å². The third kappa shape index (κ3) is 6.22. The number of hydrogen-bond donors (Lipinski definition) is 1. The van der Waals surface area contributed by atoms with Crippen molar-refractivity contribution in [2.45, 2.75) is 45.1 Å². The van der Waals surface area contributed by atoms with Crippen molar-refractivity contribution < 1.29 is 28.8 Å². The minimum absolute atomic E-state index is 0.467. The van der Waals surface area contributed by atoms with E-state index in [1.54, 1.807) is 6.07 Å². The molecule has 0 bridgehead atoms. The smallest absolute Gasteiger partial charge is 0.344 e. The van der Waals surface area contributed by atoms with E-state index in [2.05, 4.69) is 6.92 Å². The van der Waals surface area contributed by atoms with Crippen LogP contribution in [-0.4, -0.2) is 30.4 Å². The molecule has 178 valence electrons. The van der Waals surface area contributed by atoms with Crippen LogP contribution in [0, 0.1) is 0 Å². The van der Waals surface area contributed by atoms with Gasteiger partial charge in [-0.25, -0.2) is 4.79 Å². The molecule has 0 amide bonds. The summed E-state index contributed by atoms with van der Waals surface area (Å²) in [7, 11) is 0. The third-order valence-electron chi connectivity index (χ3n) is 5.60. The van der Waals surface area contributed by atoms with Gasteiger partial charge >= 0.3 is 5.97 Å². The summed E-state index contributed by atoms with van der Waals surface area (Å²) in [6.07, 6.45) is 3.03. The van der Waals surface area contributed by atoms with E-state index in [-0.39, 0.29) is 0 Å². The minimum Gasteiger partial charge on any atom is -0.493 e. The van der Waals surface area contributed by atoms with Crippen molar-refractivity contribution in [1.29, 1.82) is 0 Å². The van der Waals surface area contributed by atoms with Crippen molar-refractivity contribution >= 4 is 5.97 Å². The van der Waals surface area contributed by atoms with Crippen molar-refractivity contribution in [2.24, 2.45) is 0 Å². The number of benzene rings is 3. The van der Waals surface area contributed by atoms with E-state index in [9.17, 15) is 4.79 Å². The van der Waals surface area contributed by atoms with Crippen LogP contribution in [0.2, 0.25) is 0 Å². The van der Waals surface area contributed by atoms with E-state index in [1.807, 2.05) is 60.7 Å². The monoisotopic (exact) mass is 462 g/mol. The van der Waals surface area contributed by atoms with Crippen LogP contribution < -0.4 is 18.9 Å². The fourth-order valence-electron chi connectivity index (χ4n) is 3.91. The summed E-state index contributed by atoms with van der Waals surface area (Å²) in [6, 6.07) is 21.2. The number of carboxylic acid groups (broad SMARTS) is 1. The Hall–Kier alpha value is -3.67. The van der Waals surface area contributed by atoms with Gasteiger partial charge in [0.05, 0.1) is 13.2 Å². The molecule has 0 aromatic heterocycles. The van der Waals surface area contributed by atoms with Crippen LogP contribution in [0.4, 0.5) is 0 Å². The molecule has 0 spiro atoms. The standard InChI is InChI=1S/C28H30O6/c1-2-7-20-19-24(33-22-8-4-3-5-9-22)12-14-25(20)32-17-6-16-31-23-11-15-26-21(18-23)10-13-27(34-26)28(29)30/h3-5,8-9,11-12,14-15,18-19,27H,2,6-7,10,13,16-17H2,1H3,(H,29,30). The molecule has 1 heterocycles. The first-order valence-electron chi connectivity index (χ1n) is 11.8. The Morgan fingerprint density at radius 3 is 2.56 bits per heavy atom. The summed E-state index contributed by atoms with van der Waals surface area (Å²) in [5.41, 5.74) is 2.11. The maximum absolute atomic E-state index is 11.1. The van der Waals surface area contributed by atoms with Crippen molar-refractivity contribution in [3.63, 3.8) is 0 Å². The number of fused-ring (bicyclic) bond motifs is 1. The fourth-order valence-corrected chi connectivity index (χ4v) is 3.91. The number of hydrogen-bond acceptors (Lipinski definition) is 5. The maximum atomic E-state index is 11.1. The molecule has 0 aliphatic carbocycles. The number of rotatable bonds is 11. The molecule has 1 unspecified atom stereocenters. The van der Waals surface area contributed by atoms with Gasteiger partial charge in [-0.3, -0.25) is 0 Å². The average molecular weight is 463 g/mol. The van der Waals surface area contributed by atoms with Gasteiger partial charge in [0.25, 0.3) is 0 Å². The molecule has 6 heteroatoms. The first kappa shape index (κ1) is 23.5. The Bertz CT molecular complexity index is 1100. The molecule has 6 nitrogen and oxygen atoms in total. The second-order valence-corrected chi connectivity index (χ2v) is 8.24. The number of carboxylic acids is 1. The van der Waals surface area contributed by atoms with Gasteiger partial charge < -0.3 is 24.1 Å². The van der Waals surface area contributed by atoms with Crippen LogP contribution >= 0.6 is 0 Å². The quantitative estimate of drug-likeness (QED) is 0.349. The van der Waals surface area contributed by atoms with E-state index < -0.39 is 12.1 Å². The zero-order valence-electron chi connectivity index (χ0n) is 19.4. The van der Waals surface area contributed by atoms with Gasteiger partial charge in [0, 0.05) is 6.42 Å². The molecule has 1 aliphatic heterocycles. The molecule has 0 saturated heterocycles. The highest BCUT2D eigenvalue weighted by Gasteiger charge is 2.25. The largest absolute Gasteiger partial charge is 0.493 e. The number of ether oxygens (including phenoxy) is 4. The normalized spacial score (nSPS) is 14.6. The Kier molecular flexibility index (Phi) is 7.91. The first-order valence-corrected chi connectivity index (χ1v) is 11.8. The van der Waals surface area contributed by atoms with Gasteiger partial charge in [-0.05, 0) is 78.9 Å². The maximum Gasteiger partial charge on any atom is 0.344 e. The summed E-state index contributed by atoms with van der Waals surface area (Å²) >= 11 is 0. The fraction of sp³-hybridized carbons (Fsp3) is 0.321. The number of aliphatic carboxylic acids is 1. The van der Waals surface area contributed by atoms with Gasteiger partial charge in [-0.1, -0.05) is 31.5 Å². The Morgan fingerprint density at radius 2 is 1.76 bits per heavy atom. The highest BCUT2D eigenvalue weighted by Crippen LogP contribution is 2.31. The molecule has 3 aromatic carbocycles. The predicted octanol–water partition coefficient (Wildman–Crippen LogP) is 6.06. The Balaban J connectivity index is 1.26. The lowest BCUT2D eigenvalue weighted by Gasteiger charge is -2.23. The summed E-state index contributed by atoms with van der Waals surface area (Å²) < 4.78 is 23.4. The second-order valence-electron chi connectivity index (χ2n) is 8.24. The number of aryl methyl sites for hydroxylation is 2. The predicted molar refractivity (Wildman–Crippen MR) is 129 cm³/mol. The topological polar surface area (TPSA) is 74.2 Å². The van der Waals surface area contributed by atoms with E-state index >= 15 is 0 Å². The molecule has 0 fully saturated rings. The van der Waals surface area contributed by atoms with Crippen LogP contribution in [0.25, 0.3) is 0 Å². The summed E-state index contributed by atoms with van der Waals surface area (Å²) in [5.74, 6) is 2.94. The number of carbonyl (C=O) groups is 1. The highest BCUT2D eigenvalue weighted by atomic mass is 16.5. The molecular weight excluding hydrogens is 432 g/mol. The number of para-hydroxylation sites is 1. The first-order chi connectivity index (χ1) is 16.6. The zero-order chi connectivity index (χ0) is 23.8. The molecule has 34 heavy (non-hydrogen) atoms. The molecule has 0 saturated carbocycles. The molecule has 3 aromatic rings. The van der Waals surface area contributed by atoms with Crippen LogP contribution in [0.3, 0.4) is 0 Å². The third-order valence-corrected chi connectivity index (χ3v) is 5.60. The lowest BCUT2D eigenvalue weighted by molar-refractivity contribution is -0.145. The van der Waals surface area contributed by atoms with Gasteiger partial charge in [0.1, 0.15) is 28.7 Å². The summed E-state index contributed by atoms with van der Waals surface area (Å²) in [5, 5.41) is 9.12. The van der Waals surface area contributed by atoms with Crippen molar-refractivity contribution in [2.75, 3.05) is 13.2 Å². The zero-order valence-corrected chi connectivity index (χ0v) is 19.4. The molecule has 1 N–H and O–H groups in total. The van der Waals surface area contributed by atoms with Crippen LogP contribution in [0.15, 0.2) is 66.7 Å². The van der Waals surface area contributed by atoms with E-state index in [1.165, 1.54) is 0 Å². The molecule has 1 atom stereocenters. The van der Waals surface area contributed by atoms with Gasteiger partial charge in [0.2, 0.25) is 0 Å². The minimum atomic E-state index is -0.925.